The van der Waals surface area contributed by atoms with Crippen LogP contribution in [-0.4, -0.2) is 19.6 Å². The van der Waals surface area contributed by atoms with Crippen LogP contribution in [0.3, 0.4) is 0 Å². The molecule has 5 nitrogen and oxygen atoms in total. The second-order valence-corrected chi connectivity index (χ2v) is 6.97. The molecule has 1 amide bonds. The number of rotatable bonds is 8. The predicted octanol–water partition coefficient (Wildman–Crippen LogP) is 5.06. The minimum absolute atomic E-state index is 0.0112. The Kier molecular flexibility index (Phi) is 7.33. The Morgan fingerprint density at radius 2 is 1.81 bits per heavy atom. The molecule has 140 valence electrons. The summed E-state index contributed by atoms with van der Waals surface area (Å²) >= 11 is 3.54. The molecule has 2 N–H and O–H groups in total. The lowest BCUT2D eigenvalue weighted by atomic mass is 10.2. The summed E-state index contributed by atoms with van der Waals surface area (Å²) in [6.07, 6.45) is 0. The number of ether oxygens (including phenoxy) is 2. The number of anilines is 2. The largest absolute Gasteiger partial charge is 0.493 e. The molecule has 0 atom stereocenters. The highest BCUT2D eigenvalue weighted by atomic mass is 79.9. The number of methoxy groups -OCH3 is 1. The lowest BCUT2D eigenvalue weighted by Crippen LogP contribution is -2.17. The van der Waals surface area contributed by atoms with Crippen molar-refractivity contribution in [1.82, 2.24) is 0 Å². The molecular formula is C20H25BrN2O3. The van der Waals surface area contributed by atoms with Gasteiger partial charge >= 0.3 is 0 Å². The van der Waals surface area contributed by atoms with E-state index in [2.05, 4.69) is 26.6 Å². The van der Waals surface area contributed by atoms with Crippen LogP contribution in [0.4, 0.5) is 11.4 Å². The molecule has 2 aromatic carbocycles. The van der Waals surface area contributed by atoms with Crippen LogP contribution in [0.1, 0.15) is 26.3 Å². The Labute approximate surface area is 163 Å². The van der Waals surface area contributed by atoms with Gasteiger partial charge in [0.15, 0.2) is 11.5 Å². The van der Waals surface area contributed by atoms with E-state index in [9.17, 15) is 4.79 Å². The maximum absolute atomic E-state index is 11.7. The first-order valence-electron chi connectivity index (χ1n) is 8.58. The number of amides is 1. The summed E-state index contributed by atoms with van der Waals surface area (Å²) in [6, 6.07) is 11.6. The number of nitrogens with one attached hydrogen (secondary N) is 2. The zero-order valence-corrected chi connectivity index (χ0v) is 17.1. The highest BCUT2D eigenvalue weighted by Gasteiger charge is 2.11. The third-order valence-electron chi connectivity index (χ3n) is 3.75. The second-order valence-electron chi connectivity index (χ2n) is 6.12. The van der Waals surface area contributed by atoms with Gasteiger partial charge in [0.05, 0.1) is 18.2 Å². The van der Waals surface area contributed by atoms with Crippen molar-refractivity contribution in [2.45, 2.75) is 27.3 Å². The molecule has 0 aliphatic rings. The standard InChI is InChI=1S/C20H25BrN2O3/c1-5-26-19-17(21)10-14(11-18(19)25-4)12-22-15-6-8-16(9-7-15)23-20(24)13(2)3/h6-11,13,22H,5,12H2,1-4H3,(H,23,24). The van der Waals surface area contributed by atoms with E-state index in [1.807, 2.05) is 57.2 Å². The Morgan fingerprint density at radius 1 is 1.15 bits per heavy atom. The van der Waals surface area contributed by atoms with Crippen LogP contribution in [0, 0.1) is 5.92 Å². The number of hydrogen-bond donors (Lipinski definition) is 2. The van der Waals surface area contributed by atoms with Gasteiger partial charge in [-0.3, -0.25) is 4.79 Å². The number of carbonyl (C=O) groups is 1. The van der Waals surface area contributed by atoms with Gasteiger partial charge < -0.3 is 20.1 Å². The van der Waals surface area contributed by atoms with Gasteiger partial charge in [0.25, 0.3) is 0 Å². The Morgan fingerprint density at radius 3 is 2.38 bits per heavy atom. The smallest absolute Gasteiger partial charge is 0.226 e. The molecule has 0 saturated carbocycles. The van der Waals surface area contributed by atoms with Gasteiger partial charge in [-0.2, -0.15) is 0 Å². The Hall–Kier alpha value is -2.21. The van der Waals surface area contributed by atoms with E-state index in [1.54, 1.807) is 7.11 Å². The average molecular weight is 421 g/mol. The molecule has 26 heavy (non-hydrogen) atoms. The van der Waals surface area contributed by atoms with Crippen LogP contribution >= 0.6 is 15.9 Å². The van der Waals surface area contributed by atoms with Gasteiger partial charge in [0.2, 0.25) is 5.91 Å². The van der Waals surface area contributed by atoms with Crippen molar-refractivity contribution in [3.63, 3.8) is 0 Å². The van der Waals surface area contributed by atoms with Crippen molar-refractivity contribution >= 4 is 33.2 Å². The van der Waals surface area contributed by atoms with Gasteiger partial charge in [-0.15, -0.1) is 0 Å². The summed E-state index contributed by atoms with van der Waals surface area (Å²) in [5.41, 5.74) is 2.82. The molecule has 0 aliphatic carbocycles. The van der Waals surface area contributed by atoms with Gasteiger partial charge in [-0.05, 0) is 64.8 Å². The van der Waals surface area contributed by atoms with Gasteiger partial charge in [0.1, 0.15) is 0 Å². The fraction of sp³-hybridized carbons (Fsp3) is 0.350. The monoisotopic (exact) mass is 420 g/mol. The van der Waals surface area contributed by atoms with Crippen LogP contribution in [0.15, 0.2) is 40.9 Å². The van der Waals surface area contributed by atoms with Crippen molar-refractivity contribution in [2.24, 2.45) is 5.92 Å². The zero-order chi connectivity index (χ0) is 19.1. The number of carbonyl (C=O) groups excluding carboxylic acids is 1. The van der Waals surface area contributed by atoms with E-state index in [0.717, 1.165) is 21.4 Å². The molecule has 2 aromatic rings. The summed E-state index contributed by atoms with van der Waals surface area (Å²) in [5.74, 6) is 1.38. The molecule has 0 aromatic heterocycles. The van der Waals surface area contributed by atoms with Crippen molar-refractivity contribution in [1.29, 1.82) is 0 Å². The molecule has 6 heteroatoms. The number of benzene rings is 2. The van der Waals surface area contributed by atoms with Gasteiger partial charge in [-0.1, -0.05) is 13.8 Å². The first-order valence-corrected chi connectivity index (χ1v) is 9.37. The van der Waals surface area contributed by atoms with Crippen LogP contribution in [0.25, 0.3) is 0 Å². The van der Waals surface area contributed by atoms with E-state index in [-0.39, 0.29) is 11.8 Å². The molecule has 0 fully saturated rings. The summed E-state index contributed by atoms with van der Waals surface area (Å²) < 4.78 is 11.9. The molecular weight excluding hydrogens is 396 g/mol. The molecule has 2 rings (SSSR count). The summed E-state index contributed by atoms with van der Waals surface area (Å²) in [4.78, 5) is 11.7. The third-order valence-corrected chi connectivity index (χ3v) is 4.34. The zero-order valence-electron chi connectivity index (χ0n) is 15.6. The Bertz CT molecular complexity index is 745. The minimum Gasteiger partial charge on any atom is -0.493 e. The Balaban J connectivity index is 2.02. The van der Waals surface area contributed by atoms with E-state index in [4.69, 9.17) is 9.47 Å². The molecule has 0 spiro atoms. The second kappa shape index (κ2) is 9.48. The maximum Gasteiger partial charge on any atom is 0.226 e. The normalized spacial score (nSPS) is 10.5. The topological polar surface area (TPSA) is 59.6 Å². The van der Waals surface area contributed by atoms with Crippen LogP contribution in [0.2, 0.25) is 0 Å². The minimum atomic E-state index is -0.0408. The fourth-order valence-electron chi connectivity index (χ4n) is 2.32. The maximum atomic E-state index is 11.7. The molecule has 0 bridgehead atoms. The van der Waals surface area contributed by atoms with Crippen molar-refractivity contribution < 1.29 is 14.3 Å². The molecule has 0 radical (unpaired) electrons. The summed E-state index contributed by atoms with van der Waals surface area (Å²) in [5, 5.41) is 6.24. The van der Waals surface area contributed by atoms with Crippen molar-refractivity contribution in [3.05, 3.63) is 46.4 Å². The molecule has 0 aliphatic heterocycles. The first-order chi connectivity index (χ1) is 12.4. The van der Waals surface area contributed by atoms with Crippen LogP contribution < -0.4 is 20.1 Å². The first kappa shape index (κ1) is 20.1. The third kappa shape index (κ3) is 5.39. The lowest BCUT2D eigenvalue weighted by molar-refractivity contribution is -0.118. The van der Waals surface area contributed by atoms with E-state index in [1.165, 1.54) is 0 Å². The van der Waals surface area contributed by atoms with Gasteiger partial charge in [-0.25, -0.2) is 0 Å². The van der Waals surface area contributed by atoms with E-state index in [0.29, 0.717) is 24.7 Å². The highest BCUT2D eigenvalue weighted by molar-refractivity contribution is 9.10. The van der Waals surface area contributed by atoms with Crippen molar-refractivity contribution in [3.8, 4) is 11.5 Å². The average Bonchev–Trinajstić information content (AvgIpc) is 2.62. The van der Waals surface area contributed by atoms with E-state index >= 15 is 0 Å². The molecule has 0 saturated heterocycles. The summed E-state index contributed by atoms with van der Waals surface area (Å²) in [6.45, 7) is 6.89. The van der Waals surface area contributed by atoms with Crippen LogP contribution in [-0.2, 0) is 11.3 Å². The molecule has 0 heterocycles. The lowest BCUT2D eigenvalue weighted by Gasteiger charge is -2.14. The van der Waals surface area contributed by atoms with Gasteiger partial charge in [0, 0.05) is 23.8 Å². The highest BCUT2D eigenvalue weighted by Crippen LogP contribution is 2.36. The fourth-order valence-corrected chi connectivity index (χ4v) is 2.93. The SMILES string of the molecule is CCOc1c(Br)cc(CNc2ccc(NC(=O)C(C)C)cc2)cc1OC. The van der Waals surface area contributed by atoms with Crippen LogP contribution in [0.5, 0.6) is 11.5 Å². The van der Waals surface area contributed by atoms with Crippen molar-refractivity contribution in [2.75, 3.05) is 24.4 Å². The quantitative estimate of drug-likeness (QED) is 0.626. The van der Waals surface area contributed by atoms with E-state index < -0.39 is 0 Å². The number of halogens is 1. The molecule has 0 unspecified atom stereocenters. The number of hydrogen-bond acceptors (Lipinski definition) is 4. The summed E-state index contributed by atoms with van der Waals surface area (Å²) in [7, 11) is 1.63. The predicted molar refractivity (Wildman–Crippen MR) is 109 cm³/mol.